The van der Waals surface area contributed by atoms with Crippen LogP contribution in [0.3, 0.4) is 0 Å². The van der Waals surface area contributed by atoms with E-state index >= 15 is 0 Å². The van der Waals surface area contributed by atoms with E-state index in [-0.39, 0.29) is 32.1 Å². The Labute approximate surface area is 373 Å². The number of carboxylic acids is 1. The number of nitrogens with zero attached hydrogens (tertiary/aromatic N) is 1. The normalized spacial score (nSPS) is 20.0. The zero-order valence-corrected chi connectivity index (χ0v) is 36.0. The summed E-state index contributed by atoms with van der Waals surface area (Å²) in [6, 6.07) is 7.69. The van der Waals surface area contributed by atoms with Gasteiger partial charge in [-0.15, -0.1) is 0 Å². The monoisotopic (exact) mass is 897 g/mol. The lowest BCUT2D eigenvalue weighted by Gasteiger charge is -2.27. The molecule has 1 fully saturated rings. The number of rotatable bonds is 15. The summed E-state index contributed by atoms with van der Waals surface area (Å²) in [5.74, 6) is -7.63. The molecule has 0 radical (unpaired) electrons. The number of hydrogen-bond donors (Lipinski definition) is 11. The Bertz CT molecular complexity index is 2320. The van der Waals surface area contributed by atoms with Crippen LogP contribution in [0.15, 0.2) is 73.3 Å². The quantitative estimate of drug-likeness (QED) is 0.0698. The fourth-order valence-electron chi connectivity index (χ4n) is 7.21. The molecule has 3 heterocycles. The van der Waals surface area contributed by atoms with Gasteiger partial charge in [-0.1, -0.05) is 68.3 Å². The van der Waals surface area contributed by atoms with Gasteiger partial charge in [0.1, 0.15) is 36.3 Å². The molecule has 21 heteroatoms. The highest BCUT2D eigenvalue weighted by atomic mass is 16.4. The van der Waals surface area contributed by atoms with E-state index < -0.39 is 109 Å². The van der Waals surface area contributed by atoms with Crippen LogP contribution in [0.2, 0.25) is 0 Å². The summed E-state index contributed by atoms with van der Waals surface area (Å²) in [7, 11) is 0. The maximum absolute atomic E-state index is 14.2. The number of carbonyl (C=O) groups excluding carboxylic acids is 8. The molecule has 21 nitrogen and oxygen atoms in total. The van der Waals surface area contributed by atoms with Crippen molar-refractivity contribution in [3.8, 4) is 0 Å². The minimum Gasteiger partial charge on any atom is -0.480 e. The Morgan fingerprint density at radius 3 is 2.25 bits per heavy atom. The van der Waals surface area contributed by atoms with E-state index in [0.717, 1.165) is 10.9 Å². The SMILES string of the molecule is CCCC[C@H](NC(C)=O)C(=O)NC1CCC(=O)NCC(C(=O)N[C@@H](Cc2c[nH]c3ccccc23)C(=O)O)NC(=O)CNC(=O)C(Cc2ccccc2)NC(=O)[C@H](Cc2cnc[nH]2)NC1=O. The third-order valence-corrected chi connectivity index (χ3v) is 10.7. The molecule has 0 spiro atoms. The predicted octanol–water partition coefficient (Wildman–Crippen LogP) is -0.851. The molecule has 2 aromatic carbocycles. The van der Waals surface area contributed by atoms with Crippen molar-refractivity contribution in [2.24, 2.45) is 0 Å². The first-order valence-electron chi connectivity index (χ1n) is 21.3. The fourth-order valence-corrected chi connectivity index (χ4v) is 7.21. The molecular weight excluding hydrogens is 843 g/mol. The largest absolute Gasteiger partial charge is 0.480 e. The van der Waals surface area contributed by atoms with E-state index in [1.807, 2.05) is 13.0 Å². The van der Waals surface area contributed by atoms with Crippen LogP contribution in [0.5, 0.6) is 0 Å². The number of aromatic nitrogens is 3. The molecule has 0 aliphatic carbocycles. The zero-order valence-electron chi connectivity index (χ0n) is 36.0. The van der Waals surface area contributed by atoms with Crippen molar-refractivity contribution >= 4 is 64.1 Å². The van der Waals surface area contributed by atoms with Crippen LogP contribution in [0, 0.1) is 0 Å². The van der Waals surface area contributed by atoms with E-state index in [9.17, 15) is 48.3 Å². The van der Waals surface area contributed by atoms with Gasteiger partial charge in [0.2, 0.25) is 47.3 Å². The highest BCUT2D eigenvalue weighted by Gasteiger charge is 2.34. The Balaban J connectivity index is 1.44. The Morgan fingerprint density at radius 1 is 0.815 bits per heavy atom. The van der Waals surface area contributed by atoms with Gasteiger partial charge in [-0.25, -0.2) is 9.78 Å². The van der Waals surface area contributed by atoms with Gasteiger partial charge < -0.3 is 57.6 Å². The highest BCUT2D eigenvalue weighted by Crippen LogP contribution is 2.19. The summed E-state index contributed by atoms with van der Waals surface area (Å²) in [5, 5.41) is 31.3. The molecule has 4 aromatic rings. The molecule has 5 rings (SSSR count). The average Bonchev–Trinajstić information content (AvgIpc) is 3.96. The number of unbranched alkanes of at least 4 members (excludes halogenated alkanes) is 1. The fraction of sp³-hybridized carbons (Fsp3) is 0.409. The number of para-hydroxylation sites is 1. The van der Waals surface area contributed by atoms with Gasteiger partial charge in [-0.2, -0.15) is 0 Å². The van der Waals surface area contributed by atoms with E-state index in [4.69, 9.17) is 0 Å². The van der Waals surface area contributed by atoms with E-state index in [2.05, 4.69) is 57.5 Å². The number of aromatic amines is 2. The smallest absolute Gasteiger partial charge is 0.326 e. The minimum atomic E-state index is -1.56. The van der Waals surface area contributed by atoms with Crippen molar-refractivity contribution in [1.82, 2.24) is 57.5 Å². The van der Waals surface area contributed by atoms with Crippen molar-refractivity contribution in [3.05, 3.63) is 90.1 Å². The molecule has 1 aliphatic heterocycles. The van der Waals surface area contributed by atoms with E-state index in [1.54, 1.807) is 54.7 Å². The van der Waals surface area contributed by atoms with Crippen molar-refractivity contribution in [1.29, 1.82) is 0 Å². The lowest BCUT2D eigenvalue weighted by molar-refractivity contribution is -0.142. The van der Waals surface area contributed by atoms with Crippen molar-refractivity contribution in [2.75, 3.05) is 13.1 Å². The van der Waals surface area contributed by atoms with Gasteiger partial charge in [-0.3, -0.25) is 38.4 Å². The second kappa shape index (κ2) is 23.7. The summed E-state index contributed by atoms with van der Waals surface area (Å²) in [6.45, 7) is 1.90. The number of hydrogen-bond acceptors (Lipinski definition) is 10. The summed E-state index contributed by atoms with van der Waals surface area (Å²) in [6.07, 6.45) is 4.85. The Kier molecular flexibility index (Phi) is 17.7. The topological polar surface area (TPSA) is 315 Å². The summed E-state index contributed by atoms with van der Waals surface area (Å²) in [4.78, 5) is 131. The summed E-state index contributed by atoms with van der Waals surface area (Å²) in [5.41, 5.74) is 2.43. The van der Waals surface area contributed by atoms with Crippen LogP contribution >= 0.6 is 0 Å². The molecule has 0 bridgehead atoms. The summed E-state index contributed by atoms with van der Waals surface area (Å²) < 4.78 is 0. The second-order valence-corrected chi connectivity index (χ2v) is 15.7. The van der Waals surface area contributed by atoms with Crippen LogP contribution in [0.25, 0.3) is 10.9 Å². The molecule has 2 aromatic heterocycles. The molecule has 65 heavy (non-hydrogen) atoms. The lowest BCUT2D eigenvalue weighted by atomic mass is 10.0. The molecule has 1 aliphatic rings. The molecule has 11 N–H and O–H groups in total. The van der Waals surface area contributed by atoms with E-state index in [1.165, 1.54) is 19.4 Å². The summed E-state index contributed by atoms with van der Waals surface area (Å²) >= 11 is 0. The number of nitrogens with one attached hydrogen (secondary N) is 10. The van der Waals surface area contributed by atoms with E-state index in [0.29, 0.717) is 29.7 Å². The molecule has 8 amide bonds. The number of aliphatic carboxylic acids is 1. The number of imidazole rings is 1. The van der Waals surface area contributed by atoms with Gasteiger partial charge in [-0.05, 0) is 30.0 Å². The van der Waals surface area contributed by atoms with Gasteiger partial charge in [0.15, 0.2) is 0 Å². The Hall–Kier alpha value is -7.58. The molecule has 0 saturated carbocycles. The van der Waals surface area contributed by atoms with Crippen molar-refractivity contribution < 1.29 is 48.3 Å². The van der Waals surface area contributed by atoms with Gasteiger partial charge in [0.25, 0.3) is 0 Å². The molecule has 1 saturated heterocycles. The first-order chi connectivity index (χ1) is 31.2. The molecule has 6 atom stereocenters. The van der Waals surface area contributed by atoms with Crippen LogP contribution in [-0.2, 0) is 62.4 Å². The number of fused-ring (bicyclic) bond motifs is 1. The number of carboxylic acid groups (broad SMARTS) is 1. The maximum Gasteiger partial charge on any atom is 0.326 e. The first-order valence-corrected chi connectivity index (χ1v) is 21.3. The molecule has 3 unspecified atom stereocenters. The predicted molar refractivity (Wildman–Crippen MR) is 234 cm³/mol. The number of carbonyl (C=O) groups is 9. The van der Waals surface area contributed by atoms with Crippen molar-refractivity contribution in [2.45, 2.75) is 101 Å². The van der Waals surface area contributed by atoms with Gasteiger partial charge in [0.05, 0.1) is 12.9 Å². The highest BCUT2D eigenvalue weighted by molar-refractivity contribution is 5.97. The van der Waals surface area contributed by atoms with Crippen LogP contribution in [0.1, 0.15) is 62.8 Å². The number of H-pyrrole nitrogens is 2. The Morgan fingerprint density at radius 2 is 1.54 bits per heavy atom. The molecular formula is C44H55N11O10. The van der Waals surface area contributed by atoms with Crippen LogP contribution in [-0.4, -0.2) is 123 Å². The van der Waals surface area contributed by atoms with Gasteiger partial charge in [0, 0.05) is 68.1 Å². The number of benzene rings is 2. The standard InChI is InChI=1S/C44H55N11O10/c1-3-4-13-31(50-25(2)56)40(60)52-32-15-16-37(57)47-22-36(43(63)55-35(44(64)65)18-27-20-46-30-14-9-8-12-29(27)30)51-38(58)23-48-39(59)33(17-26-10-6-5-7-11-26)53-42(62)34(54-41(32)61)19-28-21-45-24-49-28/h5-12,14,20-21,24,31-36,46H,3-4,13,15-19,22-23H2,1-2H3,(H,45,49)(H,47,57)(H,48,59)(H,50,56)(H,51,58)(H,52,60)(H,53,62)(H,54,61)(H,55,63)(H,64,65)/t31-,32?,33?,34-,35-,36?/m0/s1. The third kappa shape index (κ3) is 14.8. The maximum atomic E-state index is 14.2. The molecule has 346 valence electrons. The number of amides is 8. The average molecular weight is 898 g/mol. The third-order valence-electron chi connectivity index (χ3n) is 10.7. The van der Waals surface area contributed by atoms with Gasteiger partial charge >= 0.3 is 5.97 Å². The van der Waals surface area contributed by atoms with Crippen LogP contribution < -0.4 is 42.5 Å². The lowest BCUT2D eigenvalue weighted by Crippen LogP contribution is -2.60. The minimum absolute atomic E-state index is 0.0458. The van der Waals surface area contributed by atoms with Crippen molar-refractivity contribution in [3.63, 3.8) is 0 Å². The second-order valence-electron chi connectivity index (χ2n) is 15.7. The zero-order chi connectivity index (χ0) is 46.9. The van der Waals surface area contributed by atoms with Crippen LogP contribution in [0.4, 0.5) is 0 Å². The first kappa shape index (κ1) is 48.5.